The Labute approximate surface area is 206 Å². The maximum Gasteiger partial charge on any atom is 0.251 e. The highest BCUT2D eigenvalue weighted by Gasteiger charge is 2.35. The van der Waals surface area contributed by atoms with E-state index in [9.17, 15) is 14.0 Å². The molecule has 10 heteroatoms. The summed E-state index contributed by atoms with van der Waals surface area (Å²) in [5.74, 6) is -0.918. The van der Waals surface area contributed by atoms with E-state index in [-0.39, 0.29) is 23.0 Å². The molecule has 1 N–H and O–H groups in total. The number of halogens is 2. The van der Waals surface area contributed by atoms with Crippen LogP contribution in [-0.4, -0.2) is 33.4 Å². The number of amides is 2. The third-order valence-corrected chi connectivity index (χ3v) is 5.79. The summed E-state index contributed by atoms with van der Waals surface area (Å²) in [7, 11) is 0. The zero-order valence-corrected chi connectivity index (χ0v) is 20.1. The van der Waals surface area contributed by atoms with Gasteiger partial charge >= 0.3 is 0 Å². The summed E-state index contributed by atoms with van der Waals surface area (Å²) >= 11 is 6.05. The first kappa shape index (κ1) is 24.4. The van der Waals surface area contributed by atoms with Crippen molar-refractivity contribution in [2.24, 2.45) is 5.92 Å². The smallest absolute Gasteiger partial charge is 0.251 e. The Morgan fingerprint density at radius 3 is 2.69 bits per heavy atom. The van der Waals surface area contributed by atoms with Crippen molar-refractivity contribution >= 4 is 40.1 Å². The Hall–Kier alpha value is -3.72. The first-order chi connectivity index (χ1) is 16.8. The summed E-state index contributed by atoms with van der Waals surface area (Å²) in [5, 5.41) is 10.9. The van der Waals surface area contributed by atoms with Crippen LogP contribution in [0.25, 0.3) is 11.0 Å². The van der Waals surface area contributed by atoms with Crippen LogP contribution in [-0.2, 0) is 16.1 Å². The van der Waals surface area contributed by atoms with E-state index in [0.717, 1.165) is 12.5 Å². The number of rotatable bonds is 9. The number of nitrogens with one attached hydrogen (secondary N) is 1. The van der Waals surface area contributed by atoms with Crippen molar-refractivity contribution in [2.45, 2.75) is 32.9 Å². The Kier molecular flexibility index (Phi) is 7.45. The Balaban J connectivity index is 1.74. The minimum Gasteiger partial charge on any atom is -0.467 e. The normalized spacial score (nSPS) is 12.1. The predicted octanol–water partition coefficient (Wildman–Crippen LogP) is 4.75. The van der Waals surface area contributed by atoms with E-state index in [2.05, 4.69) is 29.5 Å². The quantitative estimate of drug-likeness (QED) is 0.360. The van der Waals surface area contributed by atoms with Crippen molar-refractivity contribution < 1.29 is 18.4 Å². The van der Waals surface area contributed by atoms with Gasteiger partial charge in [-0.3, -0.25) is 14.5 Å². The van der Waals surface area contributed by atoms with Crippen LogP contribution in [0.5, 0.6) is 0 Å². The van der Waals surface area contributed by atoms with Gasteiger partial charge in [-0.05, 0) is 54.8 Å². The number of para-hydroxylation sites is 1. The molecule has 0 radical (unpaired) electrons. The number of furan rings is 1. The van der Waals surface area contributed by atoms with Crippen LogP contribution in [0.3, 0.4) is 0 Å². The van der Waals surface area contributed by atoms with E-state index in [0.29, 0.717) is 23.5 Å². The zero-order valence-electron chi connectivity index (χ0n) is 19.3. The number of aromatic nitrogens is 3. The molecule has 4 rings (SSSR count). The van der Waals surface area contributed by atoms with Crippen molar-refractivity contribution in [3.63, 3.8) is 0 Å². The van der Waals surface area contributed by atoms with Crippen LogP contribution < -0.4 is 10.2 Å². The van der Waals surface area contributed by atoms with E-state index in [1.807, 2.05) is 12.1 Å². The van der Waals surface area contributed by atoms with Gasteiger partial charge < -0.3 is 9.73 Å². The molecule has 1 atom stereocenters. The molecular formula is C25H25ClFN5O3. The third-order valence-electron chi connectivity index (χ3n) is 5.50. The van der Waals surface area contributed by atoms with E-state index in [1.165, 1.54) is 28.0 Å². The van der Waals surface area contributed by atoms with Crippen LogP contribution in [0, 0.1) is 11.7 Å². The molecule has 0 saturated heterocycles. The van der Waals surface area contributed by atoms with Crippen LogP contribution in [0.1, 0.15) is 32.1 Å². The maximum atomic E-state index is 14.0. The van der Waals surface area contributed by atoms with Gasteiger partial charge in [0.05, 0.1) is 16.8 Å². The number of carbonyl (C=O) groups is 2. The molecule has 2 aromatic heterocycles. The molecule has 8 nitrogen and oxygen atoms in total. The first-order valence-corrected chi connectivity index (χ1v) is 11.6. The van der Waals surface area contributed by atoms with Gasteiger partial charge in [0.25, 0.3) is 5.91 Å². The summed E-state index contributed by atoms with van der Waals surface area (Å²) in [5.41, 5.74) is 1.53. The molecule has 0 aliphatic heterocycles. The van der Waals surface area contributed by atoms with Crippen molar-refractivity contribution in [1.29, 1.82) is 0 Å². The summed E-state index contributed by atoms with van der Waals surface area (Å²) in [6.07, 6.45) is 2.19. The fourth-order valence-corrected chi connectivity index (χ4v) is 3.89. The van der Waals surface area contributed by atoms with Gasteiger partial charge in [0, 0.05) is 12.2 Å². The standard InChI is InChI=1S/C25H25ClFN5O3/c1-16(2)11-12-28-25(34)24(22-8-5-13-35-22)32(17-9-10-19(27)18(26)14-17)23(33)15-31-21-7-4-3-6-20(21)29-30-31/h3-10,13-14,16,24H,11-12,15H2,1-2H3,(H,28,34)/t24-/m0/s1. The molecule has 0 saturated carbocycles. The Bertz CT molecular complexity index is 1320. The first-order valence-electron chi connectivity index (χ1n) is 11.2. The molecule has 0 bridgehead atoms. The molecule has 0 aliphatic rings. The van der Waals surface area contributed by atoms with Gasteiger partial charge in [0.15, 0.2) is 6.04 Å². The number of fused-ring (bicyclic) bond motifs is 1. The largest absolute Gasteiger partial charge is 0.467 e. The van der Waals surface area contributed by atoms with Crippen molar-refractivity contribution in [3.05, 3.63) is 77.5 Å². The third kappa shape index (κ3) is 5.51. The fourth-order valence-electron chi connectivity index (χ4n) is 3.71. The Morgan fingerprint density at radius 2 is 1.97 bits per heavy atom. The minimum absolute atomic E-state index is 0.176. The predicted molar refractivity (Wildman–Crippen MR) is 130 cm³/mol. The lowest BCUT2D eigenvalue weighted by Crippen LogP contribution is -2.45. The van der Waals surface area contributed by atoms with E-state index >= 15 is 0 Å². The van der Waals surface area contributed by atoms with Gasteiger partial charge in [0.1, 0.15) is 23.6 Å². The Morgan fingerprint density at radius 1 is 1.17 bits per heavy atom. The molecular weight excluding hydrogens is 473 g/mol. The van der Waals surface area contributed by atoms with Gasteiger partial charge in [-0.15, -0.1) is 5.10 Å². The topological polar surface area (TPSA) is 93.3 Å². The lowest BCUT2D eigenvalue weighted by atomic mass is 10.1. The van der Waals surface area contributed by atoms with E-state index < -0.39 is 23.7 Å². The highest BCUT2D eigenvalue weighted by molar-refractivity contribution is 6.31. The van der Waals surface area contributed by atoms with Crippen LogP contribution in [0.4, 0.5) is 10.1 Å². The highest BCUT2D eigenvalue weighted by Crippen LogP contribution is 2.31. The van der Waals surface area contributed by atoms with Gasteiger partial charge in [-0.1, -0.05) is 42.8 Å². The average Bonchev–Trinajstić information content (AvgIpc) is 3.49. The molecule has 2 heterocycles. The van der Waals surface area contributed by atoms with E-state index in [4.69, 9.17) is 16.0 Å². The summed E-state index contributed by atoms with van der Waals surface area (Å²) in [6.45, 7) is 4.31. The molecule has 2 aromatic carbocycles. The number of carbonyl (C=O) groups excluding carboxylic acids is 2. The fraction of sp³-hybridized carbons (Fsp3) is 0.280. The van der Waals surface area contributed by atoms with Crippen LogP contribution in [0.2, 0.25) is 5.02 Å². The summed E-state index contributed by atoms with van der Waals surface area (Å²) in [4.78, 5) is 28.4. The molecule has 0 spiro atoms. The molecule has 0 aliphatic carbocycles. The van der Waals surface area contributed by atoms with Crippen molar-refractivity contribution in [1.82, 2.24) is 20.3 Å². The van der Waals surface area contributed by atoms with Gasteiger partial charge in [-0.25, -0.2) is 9.07 Å². The highest BCUT2D eigenvalue weighted by atomic mass is 35.5. The lowest BCUT2D eigenvalue weighted by Gasteiger charge is -2.30. The molecule has 0 unspecified atom stereocenters. The van der Waals surface area contributed by atoms with Gasteiger partial charge in [0.2, 0.25) is 5.91 Å². The minimum atomic E-state index is -1.15. The molecule has 2 amide bonds. The molecule has 0 fully saturated rings. The molecule has 4 aromatic rings. The zero-order chi connectivity index (χ0) is 24.9. The second-order valence-electron chi connectivity index (χ2n) is 8.49. The SMILES string of the molecule is CC(C)CCNC(=O)[C@H](c1ccco1)N(C(=O)Cn1nnc2ccccc21)c1ccc(F)c(Cl)c1. The second kappa shape index (κ2) is 10.7. The van der Waals surface area contributed by atoms with E-state index in [1.54, 1.807) is 24.3 Å². The van der Waals surface area contributed by atoms with Crippen LogP contribution in [0.15, 0.2) is 65.3 Å². The number of hydrogen-bond donors (Lipinski definition) is 1. The summed E-state index contributed by atoms with van der Waals surface area (Å²) < 4.78 is 21.0. The summed E-state index contributed by atoms with van der Waals surface area (Å²) in [6, 6.07) is 13.2. The van der Waals surface area contributed by atoms with Crippen molar-refractivity contribution in [2.75, 3.05) is 11.4 Å². The molecule has 35 heavy (non-hydrogen) atoms. The number of hydrogen-bond acceptors (Lipinski definition) is 5. The monoisotopic (exact) mass is 497 g/mol. The number of nitrogens with zero attached hydrogens (tertiary/aromatic N) is 4. The van der Waals surface area contributed by atoms with Crippen LogP contribution >= 0.6 is 11.6 Å². The van der Waals surface area contributed by atoms with Crippen molar-refractivity contribution in [3.8, 4) is 0 Å². The number of anilines is 1. The van der Waals surface area contributed by atoms with Gasteiger partial charge in [-0.2, -0.15) is 0 Å². The average molecular weight is 498 g/mol. The lowest BCUT2D eigenvalue weighted by molar-refractivity contribution is -0.127. The number of benzene rings is 2. The maximum absolute atomic E-state index is 14.0. The second-order valence-corrected chi connectivity index (χ2v) is 8.90. The molecule has 182 valence electrons.